The van der Waals surface area contributed by atoms with E-state index in [1.807, 2.05) is 0 Å². The monoisotopic (exact) mass is 1160 g/mol. The Morgan fingerprint density at radius 2 is 0.661 bits per heavy atom. The van der Waals surface area contributed by atoms with Gasteiger partial charge in [-0.05, 0) is 112 Å². The molecule has 0 amide bonds. The second-order valence-corrected chi connectivity index (χ2v) is 16.4. The number of hydrogen-bond donors (Lipinski definition) is 0. The summed E-state index contributed by atoms with van der Waals surface area (Å²) in [6.45, 7) is 0. The van der Waals surface area contributed by atoms with E-state index in [-0.39, 0.29) is 0 Å². The Bertz CT molecular complexity index is 2610. The van der Waals surface area contributed by atoms with Gasteiger partial charge in [0.25, 0.3) is 0 Å². The maximum absolute atomic E-state index is 14.6. The Kier molecular flexibility index (Phi) is 10.9. The lowest BCUT2D eigenvalue weighted by atomic mass is 9.90. The molecule has 3 heterocycles. The number of anilines is 4. The number of benzene rings is 4. The maximum atomic E-state index is 14.6. The Morgan fingerprint density at radius 1 is 0.371 bits per heavy atom. The third-order valence-corrected chi connectivity index (χ3v) is 11.5. The summed E-state index contributed by atoms with van der Waals surface area (Å²) in [5.41, 5.74) is -18.7. The molecule has 0 saturated heterocycles. The van der Waals surface area contributed by atoms with Gasteiger partial charge in [-0.2, -0.15) is 79.0 Å². The quantitative estimate of drug-likeness (QED) is 0.162. The van der Waals surface area contributed by atoms with Crippen molar-refractivity contribution in [1.29, 1.82) is 0 Å². The van der Waals surface area contributed by atoms with Gasteiger partial charge in [-0.1, -0.05) is 12.1 Å². The first-order chi connectivity index (χ1) is 28.2. The topological polar surface area (TPSA) is 32.3 Å². The summed E-state index contributed by atoms with van der Waals surface area (Å²) in [6.07, 6.45) is -32.8. The molecule has 0 aliphatic carbocycles. The minimum atomic E-state index is -5.69. The van der Waals surface area contributed by atoms with E-state index in [0.717, 1.165) is 10.0 Å². The van der Waals surface area contributed by atoms with E-state index in [1.165, 1.54) is 0 Å². The third kappa shape index (κ3) is 7.93. The molecule has 328 valence electrons. The number of alkyl halides is 18. The van der Waals surface area contributed by atoms with Crippen LogP contribution in [0, 0.1) is 0 Å². The summed E-state index contributed by atoms with van der Waals surface area (Å²) in [4.78, 5) is 6.83. The number of halogens is 22. The lowest BCUT2D eigenvalue weighted by Crippen LogP contribution is -2.40. The molecule has 2 aromatic heterocycles. The van der Waals surface area contributed by atoms with Crippen LogP contribution in [0.4, 0.5) is 102 Å². The van der Waals surface area contributed by atoms with Crippen molar-refractivity contribution in [2.24, 2.45) is 0 Å². The van der Waals surface area contributed by atoms with Gasteiger partial charge in [-0.3, -0.25) is 0 Å². The van der Waals surface area contributed by atoms with Crippen LogP contribution in [-0.4, -0.2) is 9.97 Å². The zero-order valence-corrected chi connectivity index (χ0v) is 35.2. The summed E-state index contributed by atoms with van der Waals surface area (Å²) < 4.78 is 256. The van der Waals surface area contributed by atoms with Crippen LogP contribution in [0.5, 0.6) is 0 Å². The Balaban J connectivity index is 1.80. The summed E-state index contributed by atoms with van der Waals surface area (Å²) in [6, 6.07) is 3.49. The standard InChI is InChI=1S/C36H10Br4F18N4/c37-17-5-11(31(41,42)43)6-18(38)29(17)61-21-3-1-13-15(33(47,48)49)9-23(35(53,54)55)59-27(13)25(21)26-22(62(61)30-19(39)7-12(8-20(30)40)32(44,45)46)4-2-14-16(34(50,51)52)10-24(36(56,57)58)60-28(14)26/h1-10H. The Hall–Kier alpha value is -4.04. The lowest BCUT2D eigenvalue weighted by molar-refractivity contribution is -0.146. The van der Waals surface area contributed by atoms with E-state index in [0.29, 0.717) is 48.5 Å². The molecule has 4 aromatic carbocycles. The summed E-state index contributed by atoms with van der Waals surface area (Å²) in [7, 11) is 0. The first-order valence-electron chi connectivity index (χ1n) is 16.2. The number of hydrogen-bond acceptors (Lipinski definition) is 4. The predicted octanol–water partition coefficient (Wildman–Crippen LogP) is 16.8. The third-order valence-electron chi connectivity index (χ3n) is 9.13. The van der Waals surface area contributed by atoms with Gasteiger partial charge in [0.15, 0.2) is 0 Å². The van der Waals surface area contributed by atoms with Gasteiger partial charge >= 0.3 is 37.1 Å². The number of pyridine rings is 2. The molecule has 1 aliphatic rings. The average molecular weight is 1160 g/mol. The van der Waals surface area contributed by atoms with Crippen molar-refractivity contribution in [3.8, 4) is 11.1 Å². The maximum Gasteiger partial charge on any atom is 0.433 e. The van der Waals surface area contributed by atoms with Gasteiger partial charge in [-0.25, -0.2) is 20.0 Å². The van der Waals surface area contributed by atoms with Gasteiger partial charge in [0.2, 0.25) is 0 Å². The van der Waals surface area contributed by atoms with Crippen molar-refractivity contribution in [1.82, 2.24) is 9.97 Å². The highest BCUT2D eigenvalue weighted by molar-refractivity contribution is 9.11. The highest BCUT2D eigenvalue weighted by Gasteiger charge is 2.46. The fourth-order valence-corrected chi connectivity index (χ4v) is 9.73. The van der Waals surface area contributed by atoms with Gasteiger partial charge in [0, 0.05) is 39.8 Å². The second-order valence-electron chi connectivity index (χ2n) is 13.0. The van der Waals surface area contributed by atoms with Gasteiger partial charge in [-0.15, -0.1) is 0 Å². The molecule has 0 spiro atoms. The smallest absolute Gasteiger partial charge is 0.246 e. The predicted molar refractivity (Wildman–Crippen MR) is 200 cm³/mol. The fourth-order valence-electron chi connectivity index (χ4n) is 6.69. The Morgan fingerprint density at radius 3 is 0.903 bits per heavy atom. The molecule has 0 saturated carbocycles. The molecule has 26 heteroatoms. The zero-order chi connectivity index (χ0) is 46.2. The Labute approximate surface area is 366 Å². The van der Waals surface area contributed by atoms with E-state index in [1.54, 1.807) is 0 Å². The number of rotatable bonds is 2. The van der Waals surface area contributed by atoms with E-state index in [2.05, 4.69) is 73.7 Å². The number of fused-ring (bicyclic) bond motifs is 7. The van der Waals surface area contributed by atoms with Gasteiger partial charge in [0.1, 0.15) is 11.4 Å². The van der Waals surface area contributed by atoms with Crippen LogP contribution in [0.3, 0.4) is 0 Å². The molecule has 1 aliphatic heterocycles. The van der Waals surface area contributed by atoms with Crippen LogP contribution in [0.1, 0.15) is 33.6 Å². The number of hydrazine groups is 1. The molecule has 0 fully saturated rings. The van der Waals surface area contributed by atoms with E-state index >= 15 is 0 Å². The number of aromatic nitrogens is 2. The summed E-state index contributed by atoms with van der Waals surface area (Å²) in [5.74, 6) is 0. The van der Waals surface area contributed by atoms with Crippen LogP contribution >= 0.6 is 63.7 Å². The van der Waals surface area contributed by atoms with Crippen molar-refractivity contribution < 1.29 is 79.0 Å². The van der Waals surface area contributed by atoms with Gasteiger partial charge < -0.3 is 0 Å². The molecule has 0 radical (unpaired) electrons. The normalized spacial score (nSPS) is 14.2. The molecular weight excluding hydrogens is 1150 g/mol. The molecular formula is C36H10Br4F18N4. The minimum Gasteiger partial charge on any atom is -0.246 e. The van der Waals surface area contributed by atoms with Crippen LogP contribution in [0.15, 0.2) is 78.6 Å². The summed E-state index contributed by atoms with van der Waals surface area (Å²) in [5, 5.41) is -0.900. The van der Waals surface area contributed by atoms with Gasteiger partial charge in [0.05, 0.1) is 56.0 Å². The largest absolute Gasteiger partial charge is 0.433 e. The summed E-state index contributed by atoms with van der Waals surface area (Å²) >= 11 is 11.9. The highest BCUT2D eigenvalue weighted by atomic mass is 79.9. The van der Waals surface area contributed by atoms with Crippen molar-refractivity contribution in [3.05, 3.63) is 112 Å². The molecule has 62 heavy (non-hydrogen) atoms. The van der Waals surface area contributed by atoms with E-state index in [4.69, 9.17) is 0 Å². The van der Waals surface area contributed by atoms with Crippen molar-refractivity contribution >= 4 is 108 Å². The highest BCUT2D eigenvalue weighted by Crippen LogP contribution is 2.60. The fraction of sp³-hybridized carbons (Fsp3) is 0.167. The number of nitrogens with zero attached hydrogens (tertiary/aromatic N) is 4. The van der Waals surface area contributed by atoms with Crippen LogP contribution < -0.4 is 10.0 Å². The zero-order valence-electron chi connectivity index (χ0n) is 28.9. The molecule has 0 unspecified atom stereocenters. The molecule has 0 atom stereocenters. The molecule has 0 bridgehead atoms. The van der Waals surface area contributed by atoms with Crippen LogP contribution in [-0.2, 0) is 37.1 Å². The molecule has 0 N–H and O–H groups in total. The van der Waals surface area contributed by atoms with Crippen molar-refractivity contribution in [2.45, 2.75) is 37.1 Å². The first kappa shape index (κ1) is 46.0. The van der Waals surface area contributed by atoms with Crippen molar-refractivity contribution in [2.75, 3.05) is 10.0 Å². The lowest BCUT2D eigenvalue weighted by Gasteiger charge is -2.45. The van der Waals surface area contributed by atoms with Crippen LogP contribution in [0.2, 0.25) is 0 Å². The molecule has 6 aromatic rings. The average Bonchev–Trinajstić information content (AvgIpc) is 3.11. The SMILES string of the molecule is FC(F)(F)c1cc(Br)c(N2c3ccc4c(C(F)(F)F)cc(C(F)(F)F)nc4c3-c3c(ccc4c(C(F)(F)F)cc(C(F)(F)F)nc34)N2c2c(Br)cc(C(F)(F)F)cc2Br)c(Br)c1. The van der Waals surface area contributed by atoms with Crippen molar-refractivity contribution in [3.63, 3.8) is 0 Å². The minimum absolute atomic E-state index is 0.396. The van der Waals surface area contributed by atoms with E-state index < -0.39 is 156 Å². The first-order valence-corrected chi connectivity index (χ1v) is 19.4. The second kappa shape index (κ2) is 14.8. The molecule has 7 rings (SSSR count). The van der Waals surface area contributed by atoms with Crippen LogP contribution in [0.25, 0.3) is 32.9 Å². The van der Waals surface area contributed by atoms with E-state index in [9.17, 15) is 79.0 Å². The molecule has 4 nitrogen and oxygen atoms in total.